The third-order valence-corrected chi connectivity index (χ3v) is 4.07. The highest BCUT2D eigenvalue weighted by atomic mass is 19.4. The minimum atomic E-state index is -4.36. The molecule has 0 spiro atoms. The molecule has 122 valence electrons. The van der Waals surface area contributed by atoms with E-state index in [1.807, 2.05) is 23.1 Å². The summed E-state index contributed by atoms with van der Waals surface area (Å²) < 4.78 is 38.7. The number of likely N-dealkylation sites (tertiary alicyclic amines) is 1. The summed E-state index contributed by atoms with van der Waals surface area (Å²) >= 11 is 0. The summed E-state index contributed by atoms with van der Waals surface area (Å²) in [6, 6.07) is 10.7. The second kappa shape index (κ2) is 6.29. The maximum Gasteiger partial charge on any atom is 0.416 e. The number of alkyl halides is 3. The standard InChI is InChI=1S/C17H17F3N2O/c18-17(19,20)13-5-3-4-12(8-13)16-9-15(23)11-22(16)10-14-6-1-2-7-21-14/h1-8,15-16,23H,9-11H2/t15-,16+/m1/s1. The number of hydrogen-bond acceptors (Lipinski definition) is 3. The summed E-state index contributed by atoms with van der Waals surface area (Å²) in [4.78, 5) is 6.22. The van der Waals surface area contributed by atoms with Crippen molar-refractivity contribution in [3.05, 3.63) is 65.5 Å². The van der Waals surface area contributed by atoms with Crippen LogP contribution < -0.4 is 0 Å². The number of benzene rings is 1. The van der Waals surface area contributed by atoms with Crippen molar-refractivity contribution in [2.24, 2.45) is 0 Å². The third kappa shape index (κ3) is 3.71. The van der Waals surface area contributed by atoms with Crippen molar-refractivity contribution in [3.8, 4) is 0 Å². The zero-order valence-corrected chi connectivity index (χ0v) is 12.4. The first-order valence-electron chi connectivity index (χ1n) is 7.42. The maximum atomic E-state index is 12.9. The van der Waals surface area contributed by atoms with Crippen LogP contribution in [0.5, 0.6) is 0 Å². The number of aliphatic hydroxyl groups excluding tert-OH is 1. The van der Waals surface area contributed by atoms with Crippen molar-refractivity contribution in [2.75, 3.05) is 6.54 Å². The number of aromatic nitrogens is 1. The van der Waals surface area contributed by atoms with Gasteiger partial charge in [0.15, 0.2) is 0 Å². The van der Waals surface area contributed by atoms with Crippen LogP contribution in [-0.4, -0.2) is 27.6 Å². The number of β-amino-alcohol motifs (C(OH)–C–C–N with tert-alkyl or cyclic N) is 1. The minimum Gasteiger partial charge on any atom is -0.392 e. The van der Waals surface area contributed by atoms with E-state index in [0.29, 0.717) is 25.1 Å². The van der Waals surface area contributed by atoms with Gasteiger partial charge in [0.05, 0.1) is 17.4 Å². The summed E-state index contributed by atoms with van der Waals surface area (Å²) in [6.07, 6.45) is -2.80. The fourth-order valence-corrected chi connectivity index (χ4v) is 3.02. The van der Waals surface area contributed by atoms with Gasteiger partial charge >= 0.3 is 6.18 Å². The predicted molar refractivity (Wildman–Crippen MR) is 79.5 cm³/mol. The zero-order valence-electron chi connectivity index (χ0n) is 12.4. The summed E-state index contributed by atoms with van der Waals surface area (Å²) in [5, 5.41) is 9.95. The van der Waals surface area contributed by atoms with E-state index >= 15 is 0 Å². The van der Waals surface area contributed by atoms with Gasteiger partial charge in [0, 0.05) is 25.3 Å². The van der Waals surface area contributed by atoms with Crippen LogP contribution in [-0.2, 0) is 12.7 Å². The van der Waals surface area contributed by atoms with Crippen molar-refractivity contribution in [1.82, 2.24) is 9.88 Å². The molecule has 0 radical (unpaired) electrons. The van der Waals surface area contributed by atoms with Gasteiger partial charge in [-0.15, -0.1) is 0 Å². The van der Waals surface area contributed by atoms with Crippen LogP contribution >= 0.6 is 0 Å². The average Bonchev–Trinajstić information content (AvgIpc) is 2.88. The first kappa shape index (κ1) is 16.0. The van der Waals surface area contributed by atoms with E-state index in [1.54, 1.807) is 12.3 Å². The second-order valence-electron chi connectivity index (χ2n) is 5.78. The molecule has 2 atom stereocenters. The largest absolute Gasteiger partial charge is 0.416 e. The van der Waals surface area contributed by atoms with Crippen LogP contribution in [0.15, 0.2) is 48.7 Å². The van der Waals surface area contributed by atoms with Crippen LogP contribution in [0.2, 0.25) is 0 Å². The molecule has 6 heteroatoms. The molecule has 1 saturated heterocycles. The van der Waals surface area contributed by atoms with Gasteiger partial charge in [-0.2, -0.15) is 13.2 Å². The first-order chi connectivity index (χ1) is 10.9. The van der Waals surface area contributed by atoms with Gasteiger partial charge in [0.1, 0.15) is 0 Å². The monoisotopic (exact) mass is 322 g/mol. The molecule has 1 aliphatic rings. The van der Waals surface area contributed by atoms with E-state index in [-0.39, 0.29) is 6.04 Å². The lowest BCUT2D eigenvalue weighted by Crippen LogP contribution is -2.25. The number of halogens is 3. The van der Waals surface area contributed by atoms with E-state index in [1.165, 1.54) is 12.1 Å². The van der Waals surface area contributed by atoms with Gasteiger partial charge in [0.25, 0.3) is 0 Å². The number of pyridine rings is 1. The molecule has 1 N–H and O–H groups in total. The molecule has 1 aromatic carbocycles. The Kier molecular flexibility index (Phi) is 4.37. The van der Waals surface area contributed by atoms with Gasteiger partial charge in [-0.1, -0.05) is 18.2 Å². The normalized spacial score (nSPS) is 22.4. The van der Waals surface area contributed by atoms with Crippen molar-refractivity contribution in [3.63, 3.8) is 0 Å². The highest BCUT2D eigenvalue weighted by Crippen LogP contribution is 2.36. The van der Waals surface area contributed by atoms with Crippen LogP contribution in [0.25, 0.3) is 0 Å². The Morgan fingerprint density at radius 1 is 1.17 bits per heavy atom. The van der Waals surface area contributed by atoms with Crippen LogP contribution in [0.3, 0.4) is 0 Å². The predicted octanol–water partition coefficient (Wildman–Crippen LogP) is 3.41. The molecule has 1 aliphatic heterocycles. The van der Waals surface area contributed by atoms with Gasteiger partial charge in [-0.3, -0.25) is 9.88 Å². The molecule has 3 rings (SSSR count). The van der Waals surface area contributed by atoms with E-state index < -0.39 is 17.8 Å². The molecular weight excluding hydrogens is 305 g/mol. The lowest BCUT2D eigenvalue weighted by atomic mass is 10.0. The minimum absolute atomic E-state index is 0.241. The molecule has 2 heterocycles. The van der Waals surface area contributed by atoms with E-state index in [0.717, 1.165) is 11.8 Å². The van der Waals surface area contributed by atoms with Gasteiger partial charge in [-0.25, -0.2) is 0 Å². The zero-order chi connectivity index (χ0) is 16.4. The Bertz CT molecular complexity index is 660. The Labute approximate surface area is 132 Å². The lowest BCUT2D eigenvalue weighted by molar-refractivity contribution is -0.137. The Hall–Kier alpha value is -1.92. The van der Waals surface area contributed by atoms with Crippen molar-refractivity contribution in [2.45, 2.75) is 31.3 Å². The van der Waals surface area contributed by atoms with Crippen molar-refractivity contribution >= 4 is 0 Å². The van der Waals surface area contributed by atoms with Crippen molar-refractivity contribution < 1.29 is 18.3 Å². The molecule has 0 aliphatic carbocycles. The number of rotatable bonds is 3. The van der Waals surface area contributed by atoms with Crippen LogP contribution in [0.4, 0.5) is 13.2 Å². The first-order valence-corrected chi connectivity index (χ1v) is 7.42. The molecule has 1 aromatic heterocycles. The summed E-state index contributed by atoms with van der Waals surface area (Å²) in [6.45, 7) is 0.927. The smallest absolute Gasteiger partial charge is 0.392 e. The highest BCUT2D eigenvalue weighted by Gasteiger charge is 2.35. The van der Waals surface area contributed by atoms with E-state index in [4.69, 9.17) is 0 Å². The Balaban J connectivity index is 1.85. The Morgan fingerprint density at radius 3 is 2.70 bits per heavy atom. The van der Waals surface area contributed by atoms with E-state index in [9.17, 15) is 18.3 Å². The van der Waals surface area contributed by atoms with Gasteiger partial charge in [-0.05, 0) is 36.2 Å². The second-order valence-corrected chi connectivity index (χ2v) is 5.78. The maximum absolute atomic E-state index is 12.9. The molecule has 23 heavy (non-hydrogen) atoms. The molecular formula is C17H17F3N2O. The fourth-order valence-electron chi connectivity index (χ4n) is 3.02. The topological polar surface area (TPSA) is 36.4 Å². The number of nitrogens with zero attached hydrogens (tertiary/aromatic N) is 2. The lowest BCUT2D eigenvalue weighted by Gasteiger charge is -2.24. The molecule has 1 fully saturated rings. The van der Waals surface area contributed by atoms with Gasteiger partial charge < -0.3 is 5.11 Å². The SMILES string of the molecule is O[C@@H]1C[C@@H](c2cccc(C(F)(F)F)c2)N(Cc2ccccn2)C1. The van der Waals surface area contributed by atoms with Crippen LogP contribution in [0, 0.1) is 0 Å². The summed E-state index contributed by atoms with van der Waals surface area (Å²) in [5.74, 6) is 0. The summed E-state index contributed by atoms with van der Waals surface area (Å²) in [7, 11) is 0. The fraction of sp³-hybridized carbons (Fsp3) is 0.353. The molecule has 2 aromatic rings. The molecule has 3 nitrogen and oxygen atoms in total. The number of hydrogen-bond donors (Lipinski definition) is 1. The van der Waals surface area contributed by atoms with Crippen LogP contribution in [0.1, 0.15) is 29.3 Å². The Morgan fingerprint density at radius 2 is 2.00 bits per heavy atom. The highest BCUT2D eigenvalue weighted by molar-refractivity contribution is 5.29. The quantitative estimate of drug-likeness (QED) is 0.941. The third-order valence-electron chi connectivity index (χ3n) is 4.07. The average molecular weight is 322 g/mol. The van der Waals surface area contributed by atoms with E-state index in [2.05, 4.69) is 4.98 Å². The molecule has 0 unspecified atom stereocenters. The molecule has 0 bridgehead atoms. The van der Waals surface area contributed by atoms with Gasteiger partial charge in [0.2, 0.25) is 0 Å². The van der Waals surface area contributed by atoms with Crippen molar-refractivity contribution in [1.29, 1.82) is 0 Å². The summed E-state index contributed by atoms with van der Waals surface area (Å²) in [5.41, 5.74) is 0.750. The number of aliphatic hydroxyl groups is 1. The molecule has 0 saturated carbocycles. The molecule has 0 amide bonds.